The van der Waals surface area contributed by atoms with E-state index in [0.29, 0.717) is 23.1 Å². The van der Waals surface area contributed by atoms with Crippen LogP contribution in [0, 0.1) is 29.2 Å². The maximum atomic E-state index is 15.2. The molecule has 0 spiro atoms. The van der Waals surface area contributed by atoms with E-state index in [1.165, 1.54) is 66.3 Å². The summed E-state index contributed by atoms with van der Waals surface area (Å²) in [6.45, 7) is 9.58. The second-order valence-electron chi connectivity index (χ2n) is 18.3. The first-order chi connectivity index (χ1) is 33.2. The Morgan fingerprint density at radius 2 is 1.24 bits per heavy atom. The van der Waals surface area contributed by atoms with E-state index in [9.17, 15) is 30.0 Å². The van der Waals surface area contributed by atoms with Gasteiger partial charge < -0.3 is 14.2 Å². The number of benzene rings is 6. The molecule has 9 nitrogen and oxygen atoms in total. The Hall–Kier alpha value is -5.04. The van der Waals surface area contributed by atoms with Gasteiger partial charge in [0.05, 0.1) is 47.2 Å². The molecule has 6 aromatic rings. The fraction of sp³-hybridized carbons (Fsp3) is 0.269. The van der Waals surface area contributed by atoms with Crippen molar-refractivity contribution in [2.45, 2.75) is 47.3 Å². The minimum absolute atomic E-state index is 0.0185. The van der Waals surface area contributed by atoms with Crippen molar-refractivity contribution in [2.24, 2.45) is 5.92 Å². The van der Waals surface area contributed by atoms with Gasteiger partial charge in [-0.15, -0.1) is 0 Å². The second-order valence-corrected chi connectivity index (χ2v) is 28.7. The summed E-state index contributed by atoms with van der Waals surface area (Å²) in [6, 6.07) is 35.2. The summed E-state index contributed by atoms with van der Waals surface area (Å²) in [5.74, 6) is -4.52. The zero-order valence-corrected chi connectivity index (χ0v) is 43.0. The van der Waals surface area contributed by atoms with E-state index in [1.54, 1.807) is 7.11 Å². The fourth-order valence-electron chi connectivity index (χ4n) is 8.97. The van der Waals surface area contributed by atoms with E-state index < -0.39 is 67.4 Å². The summed E-state index contributed by atoms with van der Waals surface area (Å²) >= 11 is 11.7. The van der Waals surface area contributed by atoms with Crippen LogP contribution in [0.15, 0.2) is 149 Å². The lowest BCUT2D eigenvalue weighted by atomic mass is 9.85. The van der Waals surface area contributed by atoms with Gasteiger partial charge in [0.25, 0.3) is 0 Å². The topological polar surface area (TPSA) is 102 Å². The van der Waals surface area contributed by atoms with Gasteiger partial charge >= 0.3 is 0 Å². The molecule has 0 saturated carbocycles. The molecular formula is C52H52Cl2F4N2O7S2Si. The fourth-order valence-corrected chi connectivity index (χ4v) is 14.6. The van der Waals surface area contributed by atoms with Gasteiger partial charge in [0.2, 0.25) is 9.84 Å². The first kappa shape index (κ1) is 52.8. The first-order valence-corrected chi connectivity index (χ1v) is 29.6. The molecule has 0 bridgehead atoms. The van der Waals surface area contributed by atoms with Crippen LogP contribution < -0.4 is 9.47 Å². The Morgan fingerprint density at radius 3 is 1.83 bits per heavy atom. The van der Waals surface area contributed by atoms with Crippen LogP contribution in [0.1, 0.15) is 22.3 Å². The molecule has 0 aliphatic carbocycles. The van der Waals surface area contributed by atoms with Crippen molar-refractivity contribution < 1.29 is 48.6 Å². The number of ether oxygens (including phenoxy) is 3. The Bertz CT molecular complexity index is 3040. The number of likely N-dealkylation sites (tertiary alicyclic amines) is 1. The Kier molecular flexibility index (Phi) is 16.7. The maximum absolute atomic E-state index is 15.2. The summed E-state index contributed by atoms with van der Waals surface area (Å²) in [5.41, 5.74) is 1.75. The summed E-state index contributed by atoms with van der Waals surface area (Å²) in [6.07, 6.45) is 2.39. The van der Waals surface area contributed by atoms with Crippen LogP contribution >= 0.6 is 23.2 Å². The first-order valence-electron chi connectivity index (χ1n) is 22.2. The molecule has 1 saturated heterocycles. The van der Waals surface area contributed by atoms with Gasteiger partial charge in [-0.05, 0) is 96.2 Å². The molecule has 1 unspecified atom stereocenters. The lowest BCUT2D eigenvalue weighted by Crippen LogP contribution is -2.49. The minimum Gasteiger partial charge on any atom is -0.490 e. The number of methoxy groups -OCH3 is 1. The number of hydrogen-bond acceptors (Lipinski definition) is 9. The maximum Gasteiger partial charge on any atom is 0.207 e. The third-order valence-corrected chi connectivity index (χ3v) is 18.1. The Labute approximate surface area is 418 Å². The molecule has 3 aliphatic heterocycles. The summed E-state index contributed by atoms with van der Waals surface area (Å²) in [5, 5.41) is 0.761. The molecule has 0 amide bonds. The molecule has 3 aliphatic rings. The highest BCUT2D eigenvalue weighted by Gasteiger charge is 2.62. The van der Waals surface area contributed by atoms with Crippen molar-refractivity contribution >= 4 is 55.9 Å². The monoisotopic (exact) mass is 1050 g/mol. The third-order valence-electron chi connectivity index (χ3n) is 11.8. The van der Waals surface area contributed by atoms with E-state index >= 15 is 4.39 Å². The number of fused-ring (bicyclic) bond motifs is 4. The van der Waals surface area contributed by atoms with E-state index in [1.807, 2.05) is 35.2 Å². The van der Waals surface area contributed by atoms with Crippen LogP contribution in [0.4, 0.5) is 17.6 Å². The van der Waals surface area contributed by atoms with Gasteiger partial charge in [0.15, 0.2) is 33.0 Å². The molecule has 9 rings (SSSR count). The standard InChI is InChI=1S/C24H20ClF2NO3S.C15H9ClF2O3S.C13H23NOSi/c25-18-6-8-19(9-7-18)32(29,30)24-15-28(12-16-4-2-1-3-5-16)13-17(24)14-31-23-21(27)11-10-20(26)22(23)24;16-9-1-3-10(4-2-9)22(19,20)13-7-8-21-15-12(18)6-5-11(17)14(13)15;1-15-11-14(12-16(2,3)4)10-13-8-6-5-7-9-13/h1-11,17H,12-15H2;1-7H,8H2;5-9H,10-12H2,1-4H3/t17-,24?;;/m1../s1. The molecular weight excluding hydrogens is 1000 g/mol. The molecule has 0 radical (unpaired) electrons. The zero-order chi connectivity index (χ0) is 50.4. The molecule has 0 N–H and O–H groups in total. The summed E-state index contributed by atoms with van der Waals surface area (Å²) < 4.78 is 125. The van der Waals surface area contributed by atoms with Crippen LogP contribution in [0.2, 0.25) is 29.7 Å². The largest absolute Gasteiger partial charge is 0.490 e. The number of hydrogen-bond donors (Lipinski definition) is 0. The lowest BCUT2D eigenvalue weighted by Gasteiger charge is -2.39. The molecule has 1 fully saturated rings. The molecule has 70 heavy (non-hydrogen) atoms. The molecule has 18 heteroatoms. The number of rotatable bonds is 12. The van der Waals surface area contributed by atoms with Crippen LogP contribution in [-0.4, -0.2) is 81.0 Å². The van der Waals surface area contributed by atoms with Crippen LogP contribution in [0.5, 0.6) is 11.5 Å². The summed E-state index contributed by atoms with van der Waals surface area (Å²) in [4.78, 5) is 4.01. The van der Waals surface area contributed by atoms with Gasteiger partial charge in [0, 0.05) is 49.3 Å². The second kappa shape index (κ2) is 22.2. The predicted molar refractivity (Wildman–Crippen MR) is 268 cm³/mol. The highest BCUT2D eigenvalue weighted by molar-refractivity contribution is 8.00. The Balaban J connectivity index is 0.000000166. The molecule has 6 aromatic carbocycles. The average Bonchev–Trinajstić information content (AvgIpc) is 3.72. The van der Waals surface area contributed by atoms with Crippen molar-refractivity contribution in [1.82, 2.24) is 9.80 Å². The van der Waals surface area contributed by atoms with Crippen molar-refractivity contribution in [3.05, 3.63) is 195 Å². The molecule has 3 heterocycles. The third kappa shape index (κ3) is 11.7. The smallest absolute Gasteiger partial charge is 0.207 e. The van der Waals surface area contributed by atoms with Gasteiger partial charge in [0.1, 0.15) is 23.0 Å². The van der Waals surface area contributed by atoms with Gasteiger partial charge in [-0.2, -0.15) is 0 Å². The van der Waals surface area contributed by atoms with E-state index in [-0.39, 0.29) is 51.3 Å². The molecule has 370 valence electrons. The number of nitrogens with zero attached hydrogens (tertiary/aromatic N) is 2. The Morgan fingerprint density at radius 1 is 0.700 bits per heavy atom. The molecule has 0 aromatic heterocycles. The minimum atomic E-state index is -4.14. The highest BCUT2D eigenvalue weighted by Crippen LogP contribution is 2.54. The lowest BCUT2D eigenvalue weighted by molar-refractivity contribution is 0.0697. The zero-order valence-electron chi connectivity index (χ0n) is 38.8. The van der Waals surface area contributed by atoms with Gasteiger partial charge in [-0.25, -0.2) is 34.4 Å². The normalized spacial score (nSPS) is 17.6. The van der Waals surface area contributed by atoms with Crippen molar-refractivity contribution in [1.29, 1.82) is 0 Å². The van der Waals surface area contributed by atoms with Crippen molar-refractivity contribution in [3.8, 4) is 11.5 Å². The average molecular weight is 1060 g/mol. The summed E-state index contributed by atoms with van der Waals surface area (Å²) in [7, 11) is -7.46. The predicted octanol–water partition coefficient (Wildman–Crippen LogP) is 11.6. The quantitative estimate of drug-likeness (QED) is 0.0673. The number of halogens is 6. The highest BCUT2D eigenvalue weighted by atomic mass is 35.5. The SMILES string of the molecule is COCN(Cc1ccccc1)C[Si](C)(C)C.O=S(=O)(C1=CCOc2c(F)ccc(F)c21)c1ccc(Cl)cc1.O=S(=O)(c1ccc(Cl)cc1)C12CN(Cc3ccccc3)C[C@@H]1COc1c(F)ccc(F)c12. The van der Waals surface area contributed by atoms with E-state index in [2.05, 4.69) is 54.9 Å². The molecule has 2 atom stereocenters. The number of sulfone groups is 2. The van der Waals surface area contributed by atoms with Crippen molar-refractivity contribution in [2.75, 3.05) is 46.3 Å². The van der Waals surface area contributed by atoms with Crippen LogP contribution in [0.25, 0.3) is 4.91 Å². The van der Waals surface area contributed by atoms with Gasteiger partial charge in [-0.3, -0.25) is 9.80 Å². The van der Waals surface area contributed by atoms with Crippen LogP contribution in [0.3, 0.4) is 0 Å². The van der Waals surface area contributed by atoms with E-state index in [0.717, 1.165) is 43.1 Å². The van der Waals surface area contributed by atoms with E-state index in [4.69, 9.17) is 37.4 Å². The van der Waals surface area contributed by atoms with Crippen LogP contribution in [-0.2, 0) is 42.2 Å². The van der Waals surface area contributed by atoms with Gasteiger partial charge in [-0.1, -0.05) is 104 Å². The van der Waals surface area contributed by atoms with Crippen molar-refractivity contribution in [3.63, 3.8) is 0 Å².